The van der Waals surface area contributed by atoms with Gasteiger partial charge in [0.15, 0.2) is 0 Å². The van der Waals surface area contributed by atoms with Crippen molar-refractivity contribution in [3.8, 4) is 0 Å². The molecule has 1 rings (SSSR count). The normalized spacial score (nSPS) is 14.0. The highest BCUT2D eigenvalue weighted by Gasteiger charge is 2.22. The van der Waals surface area contributed by atoms with Crippen molar-refractivity contribution >= 4 is 11.6 Å². The minimum Gasteiger partial charge on any atom is -0.392 e. The fourth-order valence-electron chi connectivity index (χ4n) is 1.33. The van der Waals surface area contributed by atoms with Gasteiger partial charge in [-0.1, -0.05) is 44.5 Å². The summed E-state index contributed by atoms with van der Waals surface area (Å²) in [5.41, 5.74) is 2.06. The summed E-state index contributed by atoms with van der Waals surface area (Å²) in [6.45, 7) is 8.09. The predicted octanol–water partition coefficient (Wildman–Crippen LogP) is 3.60. The van der Waals surface area contributed by atoms with E-state index in [1.165, 1.54) is 0 Å². The van der Waals surface area contributed by atoms with Crippen molar-refractivity contribution in [2.24, 2.45) is 5.41 Å². The van der Waals surface area contributed by atoms with Gasteiger partial charge in [-0.05, 0) is 29.5 Å². The van der Waals surface area contributed by atoms with Crippen LogP contribution in [-0.2, 0) is 6.42 Å². The van der Waals surface area contributed by atoms with E-state index in [0.717, 1.165) is 16.1 Å². The van der Waals surface area contributed by atoms with Crippen molar-refractivity contribution in [2.45, 2.75) is 40.2 Å². The zero-order chi connectivity index (χ0) is 11.6. The van der Waals surface area contributed by atoms with Gasteiger partial charge in [-0.15, -0.1) is 0 Å². The standard InChI is InChI=1S/C13H19ClO/c1-9-5-6-10(11(14)7-9)8-12(15)13(2,3)4/h5-7,12,15H,8H2,1-4H3. The second-order valence-electron chi connectivity index (χ2n) is 5.18. The molecule has 1 unspecified atom stereocenters. The Hall–Kier alpha value is -0.530. The van der Waals surface area contributed by atoms with E-state index in [2.05, 4.69) is 0 Å². The molecule has 0 amide bonds. The van der Waals surface area contributed by atoms with Crippen LogP contribution in [0.4, 0.5) is 0 Å². The zero-order valence-corrected chi connectivity index (χ0v) is 10.6. The third-order valence-corrected chi connectivity index (χ3v) is 2.97. The minimum absolute atomic E-state index is 0.103. The molecule has 0 bridgehead atoms. The maximum Gasteiger partial charge on any atom is 0.0629 e. The Labute approximate surface area is 97.1 Å². The van der Waals surface area contributed by atoms with Crippen LogP contribution in [0.15, 0.2) is 18.2 Å². The van der Waals surface area contributed by atoms with Crippen LogP contribution in [0.5, 0.6) is 0 Å². The van der Waals surface area contributed by atoms with Crippen molar-refractivity contribution in [2.75, 3.05) is 0 Å². The quantitative estimate of drug-likeness (QED) is 0.817. The lowest BCUT2D eigenvalue weighted by Crippen LogP contribution is -2.28. The van der Waals surface area contributed by atoms with E-state index in [9.17, 15) is 5.11 Å². The first-order valence-corrected chi connectivity index (χ1v) is 5.61. The Morgan fingerprint density at radius 2 is 1.93 bits per heavy atom. The smallest absolute Gasteiger partial charge is 0.0629 e. The van der Waals surface area contributed by atoms with Gasteiger partial charge in [0.25, 0.3) is 0 Å². The van der Waals surface area contributed by atoms with Crippen LogP contribution in [0, 0.1) is 12.3 Å². The highest BCUT2D eigenvalue weighted by atomic mass is 35.5. The van der Waals surface area contributed by atoms with Crippen molar-refractivity contribution < 1.29 is 5.11 Å². The van der Waals surface area contributed by atoms with E-state index in [-0.39, 0.29) is 11.5 Å². The Bertz CT molecular complexity index is 339. The molecular weight excluding hydrogens is 208 g/mol. The molecule has 84 valence electrons. The van der Waals surface area contributed by atoms with Gasteiger partial charge in [0.2, 0.25) is 0 Å². The van der Waals surface area contributed by atoms with Gasteiger partial charge in [0, 0.05) is 11.4 Å². The molecule has 0 spiro atoms. The molecule has 0 aromatic heterocycles. The lowest BCUT2D eigenvalue weighted by atomic mass is 9.85. The van der Waals surface area contributed by atoms with Crippen molar-refractivity contribution in [3.63, 3.8) is 0 Å². The molecule has 1 N–H and O–H groups in total. The minimum atomic E-state index is -0.363. The van der Waals surface area contributed by atoms with Crippen LogP contribution < -0.4 is 0 Å². The summed E-state index contributed by atoms with van der Waals surface area (Å²) in [5, 5.41) is 10.7. The summed E-state index contributed by atoms with van der Waals surface area (Å²) in [5.74, 6) is 0. The number of aryl methyl sites for hydroxylation is 1. The molecule has 15 heavy (non-hydrogen) atoms. The van der Waals surface area contributed by atoms with Crippen LogP contribution in [0.25, 0.3) is 0 Å². The van der Waals surface area contributed by atoms with Crippen molar-refractivity contribution in [1.29, 1.82) is 0 Å². The third kappa shape index (κ3) is 3.51. The zero-order valence-electron chi connectivity index (χ0n) is 9.84. The molecule has 1 aromatic carbocycles. The molecule has 0 aliphatic carbocycles. The summed E-state index contributed by atoms with van der Waals surface area (Å²) in [4.78, 5) is 0. The molecule has 1 atom stereocenters. The van der Waals surface area contributed by atoms with Gasteiger partial charge < -0.3 is 5.11 Å². The highest BCUT2D eigenvalue weighted by Crippen LogP contribution is 2.26. The van der Waals surface area contributed by atoms with E-state index in [4.69, 9.17) is 11.6 Å². The van der Waals surface area contributed by atoms with Gasteiger partial charge in [-0.2, -0.15) is 0 Å². The van der Waals surface area contributed by atoms with Gasteiger partial charge in [0.05, 0.1) is 6.10 Å². The van der Waals surface area contributed by atoms with E-state index in [1.54, 1.807) is 0 Å². The summed E-state index contributed by atoms with van der Waals surface area (Å²) in [7, 11) is 0. The SMILES string of the molecule is Cc1ccc(CC(O)C(C)(C)C)c(Cl)c1. The maximum atomic E-state index is 9.97. The molecule has 0 heterocycles. The molecule has 0 aliphatic rings. The Morgan fingerprint density at radius 1 is 1.33 bits per heavy atom. The monoisotopic (exact) mass is 226 g/mol. The van der Waals surface area contributed by atoms with E-state index >= 15 is 0 Å². The molecular formula is C13H19ClO. The lowest BCUT2D eigenvalue weighted by Gasteiger charge is -2.26. The van der Waals surface area contributed by atoms with Crippen molar-refractivity contribution in [3.05, 3.63) is 34.3 Å². The number of rotatable bonds is 2. The van der Waals surface area contributed by atoms with E-state index in [1.807, 2.05) is 45.9 Å². The fourth-order valence-corrected chi connectivity index (χ4v) is 1.64. The average molecular weight is 227 g/mol. The lowest BCUT2D eigenvalue weighted by molar-refractivity contribution is 0.0636. The van der Waals surface area contributed by atoms with Gasteiger partial charge in [-0.25, -0.2) is 0 Å². The predicted molar refractivity (Wildman–Crippen MR) is 65.4 cm³/mol. The second kappa shape index (κ2) is 4.54. The van der Waals surface area contributed by atoms with Gasteiger partial charge >= 0.3 is 0 Å². The van der Waals surface area contributed by atoms with E-state index in [0.29, 0.717) is 6.42 Å². The molecule has 1 aromatic rings. The first kappa shape index (κ1) is 12.5. The Kier molecular flexibility index (Phi) is 3.80. The first-order valence-electron chi connectivity index (χ1n) is 5.24. The average Bonchev–Trinajstić information content (AvgIpc) is 2.08. The summed E-state index contributed by atoms with van der Waals surface area (Å²) in [6.07, 6.45) is 0.250. The molecule has 0 saturated heterocycles. The van der Waals surface area contributed by atoms with Crippen LogP contribution in [0.3, 0.4) is 0 Å². The molecule has 0 radical (unpaired) electrons. The summed E-state index contributed by atoms with van der Waals surface area (Å²) < 4.78 is 0. The maximum absolute atomic E-state index is 9.97. The van der Waals surface area contributed by atoms with Gasteiger partial charge in [0.1, 0.15) is 0 Å². The summed E-state index contributed by atoms with van der Waals surface area (Å²) in [6, 6.07) is 5.95. The molecule has 2 heteroatoms. The van der Waals surface area contributed by atoms with Crippen LogP contribution in [-0.4, -0.2) is 11.2 Å². The Balaban J connectivity index is 2.82. The van der Waals surface area contributed by atoms with Gasteiger partial charge in [-0.3, -0.25) is 0 Å². The number of benzene rings is 1. The topological polar surface area (TPSA) is 20.2 Å². The first-order chi connectivity index (χ1) is 6.80. The number of aliphatic hydroxyl groups is 1. The number of hydrogen-bond donors (Lipinski definition) is 1. The van der Waals surface area contributed by atoms with Crippen LogP contribution in [0.2, 0.25) is 5.02 Å². The second-order valence-corrected chi connectivity index (χ2v) is 5.59. The fraction of sp³-hybridized carbons (Fsp3) is 0.538. The number of hydrogen-bond acceptors (Lipinski definition) is 1. The van der Waals surface area contributed by atoms with Crippen molar-refractivity contribution in [1.82, 2.24) is 0 Å². The van der Waals surface area contributed by atoms with Crippen LogP contribution in [0.1, 0.15) is 31.9 Å². The molecule has 0 aliphatic heterocycles. The summed E-state index contributed by atoms with van der Waals surface area (Å²) >= 11 is 6.11. The highest BCUT2D eigenvalue weighted by molar-refractivity contribution is 6.31. The van der Waals surface area contributed by atoms with Crippen LogP contribution >= 0.6 is 11.6 Å². The molecule has 0 fully saturated rings. The molecule has 0 saturated carbocycles. The van der Waals surface area contributed by atoms with E-state index < -0.39 is 0 Å². The number of aliphatic hydroxyl groups excluding tert-OH is 1. The Morgan fingerprint density at radius 3 is 2.40 bits per heavy atom. The largest absolute Gasteiger partial charge is 0.392 e. The third-order valence-electron chi connectivity index (χ3n) is 2.62. The molecule has 1 nitrogen and oxygen atoms in total. The number of halogens is 1.